The highest BCUT2D eigenvalue weighted by atomic mass is 16.5. The molecule has 0 saturated heterocycles. The largest absolute Gasteiger partial charge is 0.494 e. The molecule has 2 amide bonds. The predicted octanol–water partition coefficient (Wildman–Crippen LogP) is 1.35. The van der Waals surface area contributed by atoms with Gasteiger partial charge in [-0.2, -0.15) is 0 Å². The van der Waals surface area contributed by atoms with Gasteiger partial charge in [-0.3, -0.25) is 9.59 Å². The lowest BCUT2D eigenvalue weighted by Crippen LogP contribution is -2.38. The van der Waals surface area contributed by atoms with E-state index in [1.165, 1.54) is 0 Å². The molecule has 0 bridgehead atoms. The van der Waals surface area contributed by atoms with Gasteiger partial charge in [-0.05, 0) is 31.2 Å². The van der Waals surface area contributed by atoms with E-state index in [0.717, 1.165) is 5.75 Å². The zero-order valence-electron chi connectivity index (χ0n) is 13.3. The van der Waals surface area contributed by atoms with Crippen molar-refractivity contribution in [2.45, 2.75) is 20.8 Å². The summed E-state index contributed by atoms with van der Waals surface area (Å²) in [7, 11) is 0. The van der Waals surface area contributed by atoms with Gasteiger partial charge in [-0.1, -0.05) is 13.8 Å². The number of hydrogen-bond acceptors (Lipinski definition) is 4. The van der Waals surface area contributed by atoms with Crippen molar-refractivity contribution in [3.05, 3.63) is 24.3 Å². The smallest absolute Gasteiger partial charge is 0.258 e. The van der Waals surface area contributed by atoms with Gasteiger partial charge in [0, 0.05) is 19.0 Å². The summed E-state index contributed by atoms with van der Waals surface area (Å²) in [6.45, 7) is 6.88. The predicted molar refractivity (Wildman–Crippen MR) is 84.0 cm³/mol. The van der Waals surface area contributed by atoms with Crippen LogP contribution in [0.1, 0.15) is 20.8 Å². The van der Waals surface area contributed by atoms with E-state index in [9.17, 15) is 9.59 Å². The highest BCUT2D eigenvalue weighted by Crippen LogP contribution is 2.17. The second kappa shape index (κ2) is 9.65. The van der Waals surface area contributed by atoms with Crippen molar-refractivity contribution in [1.29, 1.82) is 0 Å². The SMILES string of the molecule is CCOc1ccc(OCC(=O)NCCNC(=O)C(C)C)cc1. The van der Waals surface area contributed by atoms with Crippen molar-refractivity contribution in [3.8, 4) is 11.5 Å². The first-order valence-electron chi connectivity index (χ1n) is 7.43. The highest BCUT2D eigenvalue weighted by Gasteiger charge is 2.06. The van der Waals surface area contributed by atoms with E-state index >= 15 is 0 Å². The molecule has 122 valence electrons. The standard InChI is InChI=1S/C16H24N2O4/c1-4-21-13-5-7-14(8-6-13)22-11-15(19)17-9-10-18-16(20)12(2)3/h5-8,12H,4,9-11H2,1-3H3,(H,17,19)(H,18,20). The Balaban J connectivity index is 2.18. The number of carbonyl (C=O) groups excluding carboxylic acids is 2. The normalized spacial score (nSPS) is 10.2. The van der Waals surface area contributed by atoms with E-state index in [2.05, 4.69) is 10.6 Å². The summed E-state index contributed by atoms with van der Waals surface area (Å²) in [6, 6.07) is 7.08. The van der Waals surface area contributed by atoms with E-state index in [1.807, 2.05) is 20.8 Å². The minimum absolute atomic E-state index is 0.0279. The van der Waals surface area contributed by atoms with Gasteiger partial charge in [0.2, 0.25) is 5.91 Å². The molecule has 0 aliphatic rings. The van der Waals surface area contributed by atoms with Crippen LogP contribution in [0.25, 0.3) is 0 Å². The molecule has 0 unspecified atom stereocenters. The Kier molecular flexibility index (Phi) is 7.81. The Labute approximate surface area is 131 Å². The maximum atomic E-state index is 11.6. The van der Waals surface area contributed by atoms with Gasteiger partial charge in [0.1, 0.15) is 11.5 Å². The van der Waals surface area contributed by atoms with E-state index in [0.29, 0.717) is 25.4 Å². The fourth-order valence-electron chi connectivity index (χ4n) is 1.59. The molecule has 0 radical (unpaired) electrons. The first kappa shape index (κ1) is 17.8. The summed E-state index contributed by atoms with van der Waals surface area (Å²) in [6.07, 6.45) is 0. The van der Waals surface area contributed by atoms with E-state index in [1.54, 1.807) is 24.3 Å². The number of hydrogen-bond donors (Lipinski definition) is 2. The lowest BCUT2D eigenvalue weighted by Gasteiger charge is -2.10. The van der Waals surface area contributed by atoms with E-state index in [-0.39, 0.29) is 24.3 Å². The molecule has 0 fully saturated rings. The minimum Gasteiger partial charge on any atom is -0.494 e. The van der Waals surface area contributed by atoms with Crippen LogP contribution in [0.5, 0.6) is 11.5 Å². The zero-order valence-corrected chi connectivity index (χ0v) is 13.3. The molecule has 6 nitrogen and oxygen atoms in total. The quantitative estimate of drug-likeness (QED) is 0.675. The summed E-state index contributed by atoms with van der Waals surface area (Å²) < 4.78 is 10.7. The average Bonchev–Trinajstić information content (AvgIpc) is 2.50. The number of amides is 2. The summed E-state index contributed by atoms with van der Waals surface area (Å²) >= 11 is 0. The van der Waals surface area contributed by atoms with Crippen LogP contribution in [-0.2, 0) is 9.59 Å². The summed E-state index contributed by atoms with van der Waals surface area (Å²) in [5.41, 5.74) is 0. The van der Waals surface area contributed by atoms with Crippen LogP contribution >= 0.6 is 0 Å². The van der Waals surface area contributed by atoms with Crippen molar-refractivity contribution in [2.24, 2.45) is 5.92 Å². The Bertz CT molecular complexity index is 472. The zero-order chi connectivity index (χ0) is 16.4. The van der Waals surface area contributed by atoms with Crippen LogP contribution in [0.2, 0.25) is 0 Å². The van der Waals surface area contributed by atoms with Gasteiger partial charge >= 0.3 is 0 Å². The first-order valence-corrected chi connectivity index (χ1v) is 7.43. The van der Waals surface area contributed by atoms with Gasteiger partial charge in [0.25, 0.3) is 5.91 Å². The Morgan fingerprint density at radius 3 is 2.09 bits per heavy atom. The molecule has 0 spiro atoms. The van der Waals surface area contributed by atoms with Gasteiger partial charge in [0.05, 0.1) is 6.61 Å². The number of carbonyl (C=O) groups is 2. The van der Waals surface area contributed by atoms with Gasteiger partial charge < -0.3 is 20.1 Å². The molecular formula is C16H24N2O4. The van der Waals surface area contributed by atoms with Gasteiger partial charge in [-0.25, -0.2) is 0 Å². The van der Waals surface area contributed by atoms with Crippen molar-refractivity contribution >= 4 is 11.8 Å². The number of ether oxygens (including phenoxy) is 2. The van der Waals surface area contributed by atoms with Crippen molar-refractivity contribution < 1.29 is 19.1 Å². The third kappa shape index (κ3) is 6.97. The lowest BCUT2D eigenvalue weighted by molar-refractivity contribution is -0.125. The number of rotatable bonds is 9. The minimum atomic E-state index is -0.229. The van der Waals surface area contributed by atoms with Gasteiger partial charge in [-0.15, -0.1) is 0 Å². The molecule has 22 heavy (non-hydrogen) atoms. The molecule has 2 N–H and O–H groups in total. The van der Waals surface area contributed by atoms with Crippen LogP contribution in [0.15, 0.2) is 24.3 Å². The molecule has 0 atom stereocenters. The topological polar surface area (TPSA) is 76.7 Å². The van der Waals surface area contributed by atoms with Crippen LogP contribution < -0.4 is 20.1 Å². The maximum Gasteiger partial charge on any atom is 0.258 e. The third-order valence-corrected chi connectivity index (χ3v) is 2.78. The second-order valence-electron chi connectivity index (χ2n) is 4.99. The van der Waals surface area contributed by atoms with Gasteiger partial charge in [0.15, 0.2) is 6.61 Å². The molecule has 0 aliphatic carbocycles. The first-order chi connectivity index (χ1) is 10.5. The third-order valence-electron chi connectivity index (χ3n) is 2.78. The fourth-order valence-corrected chi connectivity index (χ4v) is 1.59. The molecule has 0 aliphatic heterocycles. The molecule has 1 rings (SSSR count). The van der Waals surface area contributed by atoms with Crippen molar-refractivity contribution in [3.63, 3.8) is 0 Å². The van der Waals surface area contributed by atoms with Crippen LogP contribution in [0.3, 0.4) is 0 Å². The van der Waals surface area contributed by atoms with E-state index in [4.69, 9.17) is 9.47 Å². The Hall–Kier alpha value is -2.24. The molecule has 1 aromatic rings. The molecule has 0 saturated carbocycles. The summed E-state index contributed by atoms with van der Waals surface area (Å²) in [5, 5.41) is 5.40. The Morgan fingerprint density at radius 2 is 1.55 bits per heavy atom. The molecule has 1 aromatic carbocycles. The van der Waals surface area contributed by atoms with Crippen LogP contribution in [0.4, 0.5) is 0 Å². The molecule has 0 heterocycles. The summed E-state index contributed by atoms with van der Waals surface area (Å²) in [4.78, 5) is 22.9. The number of nitrogens with one attached hydrogen (secondary N) is 2. The van der Waals surface area contributed by atoms with Crippen LogP contribution in [-0.4, -0.2) is 38.1 Å². The second-order valence-corrected chi connectivity index (χ2v) is 4.99. The maximum absolute atomic E-state index is 11.6. The monoisotopic (exact) mass is 308 g/mol. The number of benzene rings is 1. The molecule has 6 heteroatoms. The van der Waals surface area contributed by atoms with Crippen molar-refractivity contribution in [1.82, 2.24) is 10.6 Å². The average molecular weight is 308 g/mol. The van der Waals surface area contributed by atoms with E-state index < -0.39 is 0 Å². The molecular weight excluding hydrogens is 284 g/mol. The molecule has 0 aromatic heterocycles. The lowest BCUT2D eigenvalue weighted by atomic mass is 10.2. The Morgan fingerprint density at radius 1 is 1.00 bits per heavy atom. The highest BCUT2D eigenvalue weighted by molar-refractivity contribution is 5.78. The summed E-state index contributed by atoms with van der Waals surface area (Å²) in [5.74, 6) is 1.05. The fraction of sp³-hybridized carbons (Fsp3) is 0.500. The van der Waals surface area contributed by atoms with Crippen molar-refractivity contribution in [2.75, 3.05) is 26.3 Å². The van der Waals surface area contributed by atoms with Crippen LogP contribution in [0, 0.1) is 5.92 Å².